The largest absolute Gasteiger partial charge is 0.458 e. The molecule has 1 amide bonds. The molecule has 0 bridgehead atoms. The minimum Gasteiger partial charge on any atom is -0.458 e. The first-order valence-electron chi connectivity index (χ1n) is 11.9. The van der Waals surface area contributed by atoms with E-state index in [9.17, 15) is 4.79 Å². The van der Waals surface area contributed by atoms with Gasteiger partial charge in [0.15, 0.2) is 12.1 Å². The van der Waals surface area contributed by atoms with Gasteiger partial charge in [-0.15, -0.1) is 0 Å². The molecule has 1 aliphatic heterocycles. The Hall–Kier alpha value is -3.81. The van der Waals surface area contributed by atoms with E-state index in [1.54, 1.807) is 26.8 Å². The summed E-state index contributed by atoms with van der Waals surface area (Å²) >= 11 is 0. The number of amides is 1. The molecule has 2 N–H and O–H groups in total. The van der Waals surface area contributed by atoms with Crippen LogP contribution in [0.15, 0.2) is 35.5 Å². The molecule has 0 saturated carbocycles. The average Bonchev–Trinajstić information content (AvgIpc) is 2.81. The number of carbonyl (C=O) groups excluding carboxylic acids is 1. The van der Waals surface area contributed by atoms with Gasteiger partial charge in [-0.25, -0.2) is 19.5 Å². The van der Waals surface area contributed by atoms with Gasteiger partial charge in [0.1, 0.15) is 17.5 Å². The van der Waals surface area contributed by atoms with E-state index in [1.807, 2.05) is 0 Å². The van der Waals surface area contributed by atoms with Crippen molar-refractivity contribution in [3.05, 3.63) is 58.7 Å². The number of hydrogen-bond donors (Lipinski definition) is 2. The molecule has 1 aliphatic carbocycles. The van der Waals surface area contributed by atoms with Gasteiger partial charge in [-0.2, -0.15) is 14.0 Å². The van der Waals surface area contributed by atoms with Crippen molar-refractivity contribution in [2.75, 3.05) is 11.9 Å². The molecular formula is C26H28F3N5O3. The van der Waals surface area contributed by atoms with Crippen LogP contribution in [0.3, 0.4) is 0 Å². The highest BCUT2D eigenvalue weighted by Crippen LogP contribution is 2.45. The van der Waals surface area contributed by atoms with Gasteiger partial charge in [0.05, 0.1) is 17.3 Å². The van der Waals surface area contributed by atoms with Crippen molar-refractivity contribution < 1.29 is 27.4 Å². The number of fused-ring (bicyclic) bond motifs is 1. The molecule has 2 atom stereocenters. The lowest BCUT2D eigenvalue weighted by Gasteiger charge is -2.38. The lowest BCUT2D eigenvalue weighted by atomic mass is 9.84. The number of alkyl halides is 2. The van der Waals surface area contributed by atoms with E-state index in [4.69, 9.17) is 14.7 Å². The molecular weight excluding hydrogens is 487 g/mol. The summed E-state index contributed by atoms with van der Waals surface area (Å²) in [5.74, 6) is -4.46. The van der Waals surface area contributed by atoms with Crippen molar-refractivity contribution in [3.63, 3.8) is 0 Å². The first-order chi connectivity index (χ1) is 17.3. The molecule has 196 valence electrons. The van der Waals surface area contributed by atoms with Crippen molar-refractivity contribution in [2.45, 2.75) is 70.1 Å². The van der Waals surface area contributed by atoms with Gasteiger partial charge in [-0.1, -0.05) is 0 Å². The van der Waals surface area contributed by atoms with E-state index in [0.29, 0.717) is 11.3 Å². The molecule has 0 fully saturated rings. The summed E-state index contributed by atoms with van der Waals surface area (Å²) in [6.45, 7) is 4.91. The first-order valence-corrected chi connectivity index (χ1v) is 11.9. The highest BCUT2D eigenvalue weighted by molar-refractivity contribution is 5.91. The van der Waals surface area contributed by atoms with Crippen molar-refractivity contribution in [1.29, 1.82) is 5.26 Å². The topological polar surface area (TPSA) is 109 Å². The van der Waals surface area contributed by atoms with E-state index in [1.165, 1.54) is 18.3 Å². The Morgan fingerprint density at radius 2 is 2.05 bits per heavy atom. The molecule has 1 aromatic carbocycles. The van der Waals surface area contributed by atoms with Crippen molar-refractivity contribution in [2.24, 2.45) is 4.99 Å². The van der Waals surface area contributed by atoms with E-state index in [2.05, 4.69) is 26.7 Å². The van der Waals surface area contributed by atoms with E-state index in [0.717, 1.165) is 43.5 Å². The molecule has 2 heterocycles. The fraction of sp³-hybridized carbons (Fsp3) is 0.462. The van der Waals surface area contributed by atoms with Crippen LogP contribution in [-0.4, -0.2) is 35.2 Å². The summed E-state index contributed by atoms with van der Waals surface area (Å²) in [5.41, 5.74) is -0.995. The molecule has 0 spiro atoms. The second-order valence-corrected chi connectivity index (χ2v) is 10.3. The Bertz CT molecular complexity index is 1290. The summed E-state index contributed by atoms with van der Waals surface area (Å²) in [5, 5.41) is 14.6. The van der Waals surface area contributed by atoms with Crippen LogP contribution in [0.5, 0.6) is 0 Å². The molecule has 11 heteroatoms. The maximum atomic E-state index is 15.2. The number of nitriles is 1. The van der Waals surface area contributed by atoms with Crippen LogP contribution < -0.4 is 10.6 Å². The van der Waals surface area contributed by atoms with Crippen LogP contribution in [0.2, 0.25) is 0 Å². The quantitative estimate of drug-likeness (QED) is 0.571. The number of rotatable bonds is 3. The normalized spacial score (nSPS) is 22.5. The molecule has 1 aromatic heterocycles. The lowest BCUT2D eigenvalue weighted by Crippen LogP contribution is -2.53. The average molecular weight is 516 g/mol. The second-order valence-electron chi connectivity index (χ2n) is 10.3. The number of hydrogen-bond acceptors (Lipinski definition) is 7. The number of amidine groups is 1. The Labute approximate surface area is 212 Å². The van der Waals surface area contributed by atoms with E-state index >= 15 is 13.2 Å². The van der Waals surface area contributed by atoms with Crippen LogP contribution in [0.1, 0.15) is 69.0 Å². The maximum Gasteiger partial charge on any atom is 0.415 e. The Kier molecular flexibility index (Phi) is 6.79. The summed E-state index contributed by atoms with van der Waals surface area (Å²) in [6, 6.07) is 6.99. The van der Waals surface area contributed by atoms with E-state index < -0.39 is 41.6 Å². The summed E-state index contributed by atoms with van der Waals surface area (Å²) in [6.07, 6.45) is 2.90. The van der Waals surface area contributed by atoms with Gasteiger partial charge in [0, 0.05) is 17.4 Å². The SMILES string of the molecule is CC(C)(C)OC(=O)NC1=N[C@](C)(c2cc(N[C@H]3CCCc4cc(C#N)cnc43)ccc2F)C(F)(F)CO1. The van der Waals surface area contributed by atoms with Crippen molar-refractivity contribution >= 4 is 17.8 Å². The number of aliphatic imine (C=N–C) groups is 1. The number of halogens is 3. The summed E-state index contributed by atoms with van der Waals surface area (Å²) in [4.78, 5) is 20.5. The Balaban J connectivity index is 1.65. The smallest absolute Gasteiger partial charge is 0.415 e. The molecule has 2 aliphatic rings. The number of anilines is 1. The van der Waals surface area contributed by atoms with Crippen LogP contribution in [0, 0.1) is 17.1 Å². The molecule has 4 rings (SSSR count). The molecule has 8 nitrogen and oxygen atoms in total. The van der Waals surface area contributed by atoms with Gasteiger partial charge >= 0.3 is 12.0 Å². The number of nitrogens with zero attached hydrogens (tertiary/aromatic N) is 3. The molecule has 0 unspecified atom stereocenters. The summed E-state index contributed by atoms with van der Waals surface area (Å²) < 4.78 is 55.4. The van der Waals surface area contributed by atoms with Crippen LogP contribution in [-0.2, 0) is 21.4 Å². The third-order valence-electron chi connectivity index (χ3n) is 6.27. The zero-order valence-electron chi connectivity index (χ0n) is 21.0. The number of aromatic nitrogens is 1. The second kappa shape index (κ2) is 9.57. The highest BCUT2D eigenvalue weighted by atomic mass is 19.3. The van der Waals surface area contributed by atoms with Gasteiger partial charge in [0.25, 0.3) is 6.02 Å². The predicted molar refractivity (Wildman–Crippen MR) is 130 cm³/mol. The Morgan fingerprint density at radius 3 is 2.76 bits per heavy atom. The van der Waals surface area contributed by atoms with E-state index in [-0.39, 0.29) is 11.6 Å². The van der Waals surface area contributed by atoms with Gasteiger partial charge in [-0.05, 0) is 76.8 Å². The number of ether oxygens (including phenoxy) is 2. The number of alkyl carbamates (subject to hydrolysis) is 1. The monoisotopic (exact) mass is 515 g/mol. The minimum atomic E-state index is -3.59. The van der Waals surface area contributed by atoms with Gasteiger partial charge < -0.3 is 14.8 Å². The number of benzene rings is 1. The fourth-order valence-electron chi connectivity index (χ4n) is 4.39. The van der Waals surface area contributed by atoms with Gasteiger partial charge in [-0.3, -0.25) is 4.98 Å². The van der Waals surface area contributed by atoms with Gasteiger partial charge in [0.2, 0.25) is 0 Å². The number of carbonyl (C=O) groups is 1. The molecule has 2 aromatic rings. The summed E-state index contributed by atoms with van der Waals surface area (Å²) in [7, 11) is 0. The minimum absolute atomic E-state index is 0.245. The zero-order valence-corrected chi connectivity index (χ0v) is 21.0. The number of nitrogens with one attached hydrogen (secondary N) is 2. The Morgan fingerprint density at radius 1 is 1.30 bits per heavy atom. The molecule has 0 saturated heterocycles. The highest BCUT2D eigenvalue weighted by Gasteiger charge is 2.56. The fourth-order valence-corrected chi connectivity index (χ4v) is 4.39. The molecule has 0 radical (unpaired) electrons. The lowest BCUT2D eigenvalue weighted by molar-refractivity contribution is -0.118. The van der Waals surface area contributed by atoms with Crippen LogP contribution in [0.4, 0.5) is 23.7 Å². The standard InChI is InChI=1S/C26H28F3N5O3/c1-24(2,3)37-23(35)33-22-34-25(4,26(28,29)14-36-22)18-11-17(8-9-19(18)27)32-20-7-5-6-16-10-15(12-30)13-31-21(16)20/h8-11,13,20,32H,5-7,14H2,1-4H3,(H,33,34,35)/t20-,25+/m0/s1. The maximum absolute atomic E-state index is 15.2. The molecule has 37 heavy (non-hydrogen) atoms. The first kappa shape index (κ1) is 26.3. The zero-order chi connectivity index (χ0) is 27.0. The third kappa shape index (κ3) is 5.48. The van der Waals surface area contributed by atoms with Crippen molar-refractivity contribution in [1.82, 2.24) is 10.3 Å². The third-order valence-corrected chi connectivity index (χ3v) is 6.27. The predicted octanol–water partition coefficient (Wildman–Crippen LogP) is 5.34. The van der Waals surface area contributed by atoms with Crippen LogP contribution in [0.25, 0.3) is 0 Å². The van der Waals surface area contributed by atoms with Crippen molar-refractivity contribution in [3.8, 4) is 6.07 Å². The van der Waals surface area contributed by atoms with Crippen LogP contribution >= 0.6 is 0 Å². The number of pyridine rings is 1. The number of aryl methyl sites for hydroxylation is 1.